The fraction of sp³-hybridized carbons (Fsp3) is 0.0870. The molecule has 0 aliphatic carbocycles. The van der Waals surface area contributed by atoms with E-state index in [-0.39, 0.29) is 11.5 Å². The Hall–Kier alpha value is -3.56. The Labute approximate surface area is 191 Å². The number of nitrogens with zero attached hydrogens (tertiary/aromatic N) is 1. The largest absolute Gasteiger partial charge is 0.485 e. The molecule has 32 heavy (non-hydrogen) atoms. The molecule has 0 spiro atoms. The van der Waals surface area contributed by atoms with Crippen LogP contribution in [0.3, 0.4) is 0 Å². The summed E-state index contributed by atoms with van der Waals surface area (Å²) in [6.45, 7) is 2.08. The molecule has 0 fully saturated rings. The number of rotatable bonds is 7. The van der Waals surface area contributed by atoms with Gasteiger partial charge in [-0.15, -0.1) is 22.7 Å². The van der Waals surface area contributed by atoms with Crippen LogP contribution >= 0.6 is 22.7 Å². The maximum Gasteiger partial charge on any atom is 0.266 e. The number of ether oxygens (including phenoxy) is 1. The minimum Gasteiger partial charge on any atom is -0.485 e. The molecule has 0 unspecified atom stereocenters. The lowest BCUT2D eigenvalue weighted by molar-refractivity contribution is 0.101. The number of hydrogen-bond donors (Lipinski definition) is 2. The second kappa shape index (κ2) is 9.71. The van der Waals surface area contributed by atoms with Crippen molar-refractivity contribution in [2.45, 2.75) is 13.5 Å². The Bertz CT molecular complexity index is 1260. The van der Waals surface area contributed by atoms with Crippen molar-refractivity contribution in [3.05, 3.63) is 93.0 Å². The number of carbonyl (C=O) groups is 2. The van der Waals surface area contributed by atoms with Gasteiger partial charge in [0.05, 0.1) is 26.8 Å². The maximum atomic E-state index is 13.4. The molecular weight excluding hydrogens is 449 g/mol. The number of benzene rings is 2. The lowest BCUT2D eigenvalue weighted by Gasteiger charge is -2.11. The fourth-order valence-corrected chi connectivity index (χ4v) is 4.42. The number of aromatic nitrogens is 1. The SMILES string of the molecule is Cc1cc(NC(=O)c2cccc(F)c2)sc1C(=O)Nc1ccccc1OCc1cscn1. The highest BCUT2D eigenvalue weighted by atomic mass is 32.1. The summed E-state index contributed by atoms with van der Waals surface area (Å²) in [7, 11) is 0. The number of halogens is 1. The first-order valence-corrected chi connectivity index (χ1v) is 11.3. The summed E-state index contributed by atoms with van der Waals surface area (Å²) < 4.78 is 19.2. The summed E-state index contributed by atoms with van der Waals surface area (Å²) in [5, 5.41) is 7.98. The van der Waals surface area contributed by atoms with Crippen molar-refractivity contribution < 1.29 is 18.7 Å². The van der Waals surface area contributed by atoms with Crippen LogP contribution in [0.5, 0.6) is 5.75 Å². The minimum absolute atomic E-state index is 0.202. The van der Waals surface area contributed by atoms with Crippen molar-refractivity contribution in [3.63, 3.8) is 0 Å². The Kier molecular flexibility index (Phi) is 6.58. The minimum atomic E-state index is -0.490. The summed E-state index contributed by atoms with van der Waals surface area (Å²) in [6, 6.07) is 14.3. The van der Waals surface area contributed by atoms with Gasteiger partial charge >= 0.3 is 0 Å². The van der Waals surface area contributed by atoms with Gasteiger partial charge < -0.3 is 15.4 Å². The van der Waals surface area contributed by atoms with Crippen LogP contribution in [0.1, 0.15) is 31.3 Å². The van der Waals surface area contributed by atoms with Crippen molar-refractivity contribution in [1.82, 2.24) is 4.98 Å². The van der Waals surface area contributed by atoms with E-state index in [9.17, 15) is 14.0 Å². The van der Waals surface area contributed by atoms with E-state index >= 15 is 0 Å². The van der Waals surface area contributed by atoms with E-state index in [1.54, 1.807) is 36.7 Å². The first-order valence-electron chi connectivity index (χ1n) is 9.57. The van der Waals surface area contributed by atoms with E-state index in [0.717, 1.165) is 23.1 Å². The van der Waals surface area contributed by atoms with Gasteiger partial charge in [-0.05, 0) is 48.9 Å². The van der Waals surface area contributed by atoms with Gasteiger partial charge in [0.2, 0.25) is 0 Å². The first kappa shape index (κ1) is 21.7. The van der Waals surface area contributed by atoms with Crippen LogP contribution in [0.2, 0.25) is 0 Å². The molecule has 0 saturated carbocycles. The van der Waals surface area contributed by atoms with Crippen LogP contribution in [0.4, 0.5) is 15.1 Å². The fourth-order valence-electron chi connectivity index (χ4n) is 2.92. The molecular formula is C23H18FN3O3S2. The van der Waals surface area contributed by atoms with Crippen LogP contribution in [0.15, 0.2) is 65.5 Å². The molecule has 4 rings (SSSR count). The summed E-state index contributed by atoms with van der Waals surface area (Å²) in [5.41, 5.74) is 3.99. The van der Waals surface area contributed by atoms with E-state index in [1.807, 2.05) is 11.4 Å². The topological polar surface area (TPSA) is 80.3 Å². The summed E-state index contributed by atoms with van der Waals surface area (Å²) in [6.07, 6.45) is 0. The van der Waals surface area contributed by atoms with Crippen LogP contribution in [0, 0.1) is 12.7 Å². The van der Waals surface area contributed by atoms with Crippen molar-refractivity contribution in [2.75, 3.05) is 10.6 Å². The van der Waals surface area contributed by atoms with Crippen molar-refractivity contribution >= 4 is 45.2 Å². The summed E-state index contributed by atoms with van der Waals surface area (Å²) >= 11 is 2.63. The number of para-hydroxylation sites is 2. The molecule has 2 heterocycles. The van der Waals surface area contributed by atoms with Crippen LogP contribution < -0.4 is 15.4 Å². The van der Waals surface area contributed by atoms with E-state index in [4.69, 9.17) is 4.74 Å². The molecule has 4 aromatic rings. The van der Waals surface area contributed by atoms with Gasteiger partial charge in [-0.3, -0.25) is 9.59 Å². The van der Waals surface area contributed by atoms with E-state index in [1.165, 1.54) is 29.5 Å². The monoisotopic (exact) mass is 467 g/mol. The molecule has 0 saturated heterocycles. The van der Waals surface area contributed by atoms with Gasteiger partial charge in [0.15, 0.2) is 0 Å². The number of thiophene rings is 1. The highest BCUT2D eigenvalue weighted by molar-refractivity contribution is 7.18. The van der Waals surface area contributed by atoms with Crippen molar-refractivity contribution in [3.8, 4) is 5.75 Å². The average Bonchev–Trinajstić information content (AvgIpc) is 3.42. The Morgan fingerprint density at radius 3 is 2.69 bits per heavy atom. The maximum absolute atomic E-state index is 13.4. The third-order valence-electron chi connectivity index (χ3n) is 4.44. The standard InChI is InChI=1S/C23H18FN3O3S2/c1-14-9-20(27-22(28)15-5-4-6-16(24)10-15)32-21(14)23(29)26-18-7-2-3-8-19(18)30-11-17-12-31-13-25-17/h2-10,12-13H,11H2,1H3,(H,26,29)(H,27,28). The number of amides is 2. The molecule has 2 aromatic heterocycles. The van der Waals surface area contributed by atoms with Crippen LogP contribution in [-0.2, 0) is 6.61 Å². The number of nitrogens with one attached hydrogen (secondary N) is 2. The molecule has 0 radical (unpaired) electrons. The molecule has 2 amide bonds. The molecule has 0 bridgehead atoms. The lowest BCUT2D eigenvalue weighted by Crippen LogP contribution is -2.12. The smallest absolute Gasteiger partial charge is 0.266 e. The third-order valence-corrected chi connectivity index (χ3v) is 6.23. The lowest BCUT2D eigenvalue weighted by atomic mass is 10.2. The van der Waals surface area contributed by atoms with Gasteiger partial charge in [-0.25, -0.2) is 9.37 Å². The van der Waals surface area contributed by atoms with Gasteiger partial charge in [0.25, 0.3) is 11.8 Å². The second-order valence-corrected chi connectivity index (χ2v) is 8.58. The predicted octanol–water partition coefficient (Wildman–Crippen LogP) is 5.74. The molecule has 9 heteroatoms. The third kappa shape index (κ3) is 5.19. The summed E-state index contributed by atoms with van der Waals surface area (Å²) in [5.74, 6) is -0.722. The molecule has 0 atom stereocenters. The van der Waals surface area contributed by atoms with Gasteiger partial charge in [0.1, 0.15) is 18.2 Å². The number of thiazole rings is 1. The molecule has 0 aliphatic rings. The number of aryl methyl sites for hydroxylation is 1. The predicted molar refractivity (Wildman–Crippen MR) is 124 cm³/mol. The molecule has 2 N–H and O–H groups in total. The van der Waals surface area contributed by atoms with Crippen molar-refractivity contribution in [1.29, 1.82) is 0 Å². The van der Waals surface area contributed by atoms with Gasteiger partial charge in [-0.1, -0.05) is 18.2 Å². The van der Waals surface area contributed by atoms with E-state index < -0.39 is 11.7 Å². The van der Waals surface area contributed by atoms with Crippen molar-refractivity contribution in [2.24, 2.45) is 0 Å². The first-order chi connectivity index (χ1) is 15.5. The normalized spacial score (nSPS) is 10.6. The van der Waals surface area contributed by atoms with Crippen LogP contribution in [-0.4, -0.2) is 16.8 Å². The number of hydrogen-bond acceptors (Lipinski definition) is 6. The van der Waals surface area contributed by atoms with E-state index in [0.29, 0.717) is 33.5 Å². The van der Waals surface area contributed by atoms with E-state index in [2.05, 4.69) is 15.6 Å². The highest BCUT2D eigenvalue weighted by Gasteiger charge is 2.17. The molecule has 6 nitrogen and oxygen atoms in total. The summed E-state index contributed by atoms with van der Waals surface area (Å²) in [4.78, 5) is 29.9. The van der Waals surface area contributed by atoms with Crippen LogP contribution in [0.25, 0.3) is 0 Å². The zero-order valence-corrected chi connectivity index (χ0v) is 18.6. The zero-order chi connectivity index (χ0) is 22.5. The molecule has 2 aromatic carbocycles. The van der Waals surface area contributed by atoms with Gasteiger partial charge in [-0.2, -0.15) is 0 Å². The molecule has 162 valence electrons. The zero-order valence-electron chi connectivity index (χ0n) is 16.9. The second-order valence-electron chi connectivity index (χ2n) is 6.81. The van der Waals surface area contributed by atoms with Gasteiger partial charge in [0, 0.05) is 10.9 Å². The Morgan fingerprint density at radius 2 is 1.91 bits per heavy atom. The Morgan fingerprint density at radius 1 is 1.06 bits per heavy atom. The highest BCUT2D eigenvalue weighted by Crippen LogP contribution is 2.30. The quantitative estimate of drug-likeness (QED) is 0.363. The molecule has 0 aliphatic heterocycles. The average molecular weight is 468 g/mol. The number of anilines is 2. The number of carbonyl (C=O) groups excluding carboxylic acids is 2. The Balaban J connectivity index is 1.45.